The Kier molecular flexibility index (Phi) is 10.8. The van der Waals surface area contributed by atoms with E-state index in [1.807, 2.05) is 6.08 Å². The van der Waals surface area contributed by atoms with E-state index < -0.39 is 12.1 Å². The van der Waals surface area contributed by atoms with E-state index >= 15 is 0 Å². The fourth-order valence-corrected chi connectivity index (χ4v) is 4.80. The van der Waals surface area contributed by atoms with Gasteiger partial charge in [-0.2, -0.15) is 0 Å². The number of carbonyl (C=O) groups is 1. The van der Waals surface area contributed by atoms with Crippen LogP contribution in [-0.4, -0.2) is 47.7 Å². The first-order valence-corrected chi connectivity index (χ1v) is 12.2. The van der Waals surface area contributed by atoms with Gasteiger partial charge in [-0.3, -0.25) is 4.79 Å². The standard InChI is InChI=1S/C25H44O5/c1-4-5-16-25(2,3)23(26)15-12-19-20(22-14-13-21(19)30-22)18-29-17-10-8-6-7-9-11-24(27)28/h12,15,19-23,26H,4-11,13-14,16-18H2,1-3H3,(H,27,28)/t19-,20+,21-,22+,23?/m0/s1. The van der Waals surface area contributed by atoms with Crippen LogP contribution in [0.5, 0.6) is 0 Å². The second-order valence-corrected chi connectivity index (χ2v) is 9.94. The van der Waals surface area contributed by atoms with Gasteiger partial charge >= 0.3 is 5.97 Å². The predicted octanol–water partition coefficient (Wildman–Crippen LogP) is 5.36. The second kappa shape index (κ2) is 12.8. The molecule has 0 aliphatic carbocycles. The average Bonchev–Trinajstić information content (AvgIpc) is 3.30. The van der Waals surface area contributed by atoms with Crippen molar-refractivity contribution in [2.75, 3.05) is 13.2 Å². The summed E-state index contributed by atoms with van der Waals surface area (Å²) >= 11 is 0. The number of aliphatic carboxylic acids is 1. The van der Waals surface area contributed by atoms with Crippen molar-refractivity contribution in [3.63, 3.8) is 0 Å². The molecule has 5 nitrogen and oxygen atoms in total. The quantitative estimate of drug-likeness (QED) is 0.258. The highest BCUT2D eigenvalue weighted by Crippen LogP contribution is 2.44. The highest BCUT2D eigenvalue weighted by molar-refractivity contribution is 5.66. The van der Waals surface area contributed by atoms with Crippen molar-refractivity contribution in [2.24, 2.45) is 17.3 Å². The second-order valence-electron chi connectivity index (χ2n) is 9.94. The van der Waals surface area contributed by atoms with Crippen LogP contribution in [0.2, 0.25) is 0 Å². The molecule has 0 aromatic carbocycles. The topological polar surface area (TPSA) is 76.0 Å². The van der Waals surface area contributed by atoms with Crippen molar-refractivity contribution < 1.29 is 24.5 Å². The molecule has 2 fully saturated rings. The Morgan fingerprint density at radius 1 is 1.13 bits per heavy atom. The molecular formula is C25H44O5. The molecule has 2 saturated heterocycles. The molecule has 2 N–H and O–H groups in total. The van der Waals surface area contributed by atoms with Crippen LogP contribution in [0.1, 0.15) is 91.4 Å². The van der Waals surface area contributed by atoms with Gasteiger partial charge in [-0.15, -0.1) is 0 Å². The number of unbranched alkanes of at least 4 members (excludes halogenated alkanes) is 5. The first-order chi connectivity index (χ1) is 14.3. The van der Waals surface area contributed by atoms with E-state index in [4.69, 9.17) is 14.6 Å². The SMILES string of the molecule is CCCCC(C)(C)C(O)C=C[C@H]1[C@@H](COCCCCCCCC(=O)O)[C@H]2CC[C@@H]1O2. The molecule has 1 unspecified atom stereocenters. The highest BCUT2D eigenvalue weighted by atomic mass is 16.5. The fourth-order valence-electron chi connectivity index (χ4n) is 4.80. The van der Waals surface area contributed by atoms with Crippen LogP contribution >= 0.6 is 0 Å². The van der Waals surface area contributed by atoms with E-state index in [1.165, 1.54) is 0 Å². The van der Waals surface area contributed by atoms with Gasteiger partial charge in [-0.1, -0.05) is 65.0 Å². The number of aliphatic hydroxyl groups is 1. The van der Waals surface area contributed by atoms with E-state index in [2.05, 4.69) is 26.8 Å². The summed E-state index contributed by atoms with van der Waals surface area (Å²) in [6.07, 6.45) is 15.2. The first kappa shape index (κ1) is 25.4. The van der Waals surface area contributed by atoms with Gasteiger partial charge in [0.1, 0.15) is 0 Å². The lowest BCUT2D eigenvalue weighted by Gasteiger charge is -2.30. The molecule has 0 aromatic heterocycles. The number of hydrogen-bond acceptors (Lipinski definition) is 4. The lowest BCUT2D eigenvalue weighted by Crippen LogP contribution is -2.31. The number of fused-ring (bicyclic) bond motifs is 2. The third kappa shape index (κ3) is 7.97. The zero-order chi connectivity index (χ0) is 22.0. The van der Waals surface area contributed by atoms with Crippen molar-refractivity contribution in [3.8, 4) is 0 Å². The van der Waals surface area contributed by atoms with E-state index in [9.17, 15) is 9.90 Å². The molecular weight excluding hydrogens is 380 g/mol. The van der Waals surface area contributed by atoms with Crippen LogP contribution in [0, 0.1) is 17.3 Å². The molecule has 0 saturated carbocycles. The summed E-state index contributed by atoms with van der Waals surface area (Å²) in [4.78, 5) is 10.5. The first-order valence-electron chi connectivity index (χ1n) is 12.2. The molecule has 30 heavy (non-hydrogen) atoms. The van der Waals surface area contributed by atoms with E-state index in [-0.39, 0.29) is 17.9 Å². The molecule has 2 aliphatic rings. The maximum absolute atomic E-state index is 10.7. The Bertz CT molecular complexity index is 530. The number of hydrogen-bond donors (Lipinski definition) is 2. The third-order valence-corrected chi connectivity index (χ3v) is 6.97. The molecule has 0 spiro atoms. The zero-order valence-electron chi connectivity index (χ0n) is 19.4. The predicted molar refractivity (Wildman–Crippen MR) is 119 cm³/mol. The summed E-state index contributed by atoms with van der Waals surface area (Å²) in [6.45, 7) is 7.98. The van der Waals surface area contributed by atoms with Crippen LogP contribution in [0.4, 0.5) is 0 Å². The summed E-state index contributed by atoms with van der Waals surface area (Å²) in [5.41, 5.74) is -0.0958. The Morgan fingerprint density at radius 2 is 1.83 bits per heavy atom. The lowest BCUT2D eigenvalue weighted by molar-refractivity contribution is -0.137. The molecule has 2 bridgehead atoms. The van der Waals surface area contributed by atoms with Gasteiger partial charge < -0.3 is 19.7 Å². The Hall–Kier alpha value is -0.910. The molecule has 0 amide bonds. The summed E-state index contributed by atoms with van der Waals surface area (Å²) in [5.74, 6) is 0.0324. The zero-order valence-corrected chi connectivity index (χ0v) is 19.4. The van der Waals surface area contributed by atoms with E-state index in [1.54, 1.807) is 0 Å². The van der Waals surface area contributed by atoms with Crippen LogP contribution < -0.4 is 0 Å². The molecule has 2 aliphatic heterocycles. The molecule has 0 radical (unpaired) electrons. The van der Waals surface area contributed by atoms with Crippen molar-refractivity contribution in [2.45, 2.75) is 110 Å². The van der Waals surface area contributed by atoms with Crippen LogP contribution in [0.25, 0.3) is 0 Å². The number of ether oxygens (including phenoxy) is 2. The van der Waals surface area contributed by atoms with Gasteiger partial charge in [0, 0.05) is 24.9 Å². The Morgan fingerprint density at radius 3 is 2.57 bits per heavy atom. The minimum atomic E-state index is -0.702. The van der Waals surface area contributed by atoms with Gasteiger partial charge in [-0.05, 0) is 37.5 Å². The van der Waals surface area contributed by atoms with Gasteiger partial charge in [0.2, 0.25) is 0 Å². The lowest BCUT2D eigenvalue weighted by atomic mass is 9.77. The van der Waals surface area contributed by atoms with E-state index in [0.29, 0.717) is 17.9 Å². The monoisotopic (exact) mass is 424 g/mol. The van der Waals surface area contributed by atoms with Crippen LogP contribution in [0.3, 0.4) is 0 Å². The van der Waals surface area contributed by atoms with Gasteiger partial charge in [-0.25, -0.2) is 0 Å². The maximum atomic E-state index is 10.7. The minimum absolute atomic E-state index is 0.0958. The smallest absolute Gasteiger partial charge is 0.303 e. The molecule has 5 heteroatoms. The van der Waals surface area contributed by atoms with Crippen molar-refractivity contribution in [1.29, 1.82) is 0 Å². The number of aliphatic hydroxyl groups excluding tert-OH is 1. The summed E-state index contributed by atoms with van der Waals surface area (Å²) in [6, 6.07) is 0. The van der Waals surface area contributed by atoms with Gasteiger partial charge in [0.15, 0.2) is 0 Å². The fraction of sp³-hybridized carbons (Fsp3) is 0.880. The average molecular weight is 425 g/mol. The van der Waals surface area contributed by atoms with Crippen molar-refractivity contribution in [3.05, 3.63) is 12.2 Å². The highest BCUT2D eigenvalue weighted by Gasteiger charge is 2.47. The maximum Gasteiger partial charge on any atom is 0.303 e. The molecule has 2 rings (SSSR count). The number of carboxylic acid groups (broad SMARTS) is 1. The molecule has 0 aromatic rings. The molecule has 2 heterocycles. The minimum Gasteiger partial charge on any atom is -0.481 e. The summed E-state index contributed by atoms with van der Waals surface area (Å²) in [7, 11) is 0. The van der Waals surface area contributed by atoms with Crippen molar-refractivity contribution in [1.82, 2.24) is 0 Å². The van der Waals surface area contributed by atoms with Gasteiger partial charge in [0.25, 0.3) is 0 Å². The third-order valence-electron chi connectivity index (χ3n) is 6.97. The normalized spacial score (nSPS) is 27.2. The number of carboxylic acids is 1. The van der Waals surface area contributed by atoms with E-state index in [0.717, 1.165) is 77.4 Å². The summed E-state index contributed by atoms with van der Waals surface area (Å²) < 4.78 is 12.2. The summed E-state index contributed by atoms with van der Waals surface area (Å²) in [5, 5.41) is 19.3. The number of rotatable bonds is 16. The van der Waals surface area contributed by atoms with Crippen LogP contribution in [0.15, 0.2) is 12.2 Å². The van der Waals surface area contributed by atoms with Crippen LogP contribution in [-0.2, 0) is 14.3 Å². The largest absolute Gasteiger partial charge is 0.481 e. The Labute approximate surface area is 183 Å². The molecule has 174 valence electrons. The molecule has 5 atom stereocenters. The van der Waals surface area contributed by atoms with Crippen molar-refractivity contribution >= 4 is 5.97 Å². The Balaban J connectivity index is 1.70. The van der Waals surface area contributed by atoms with Gasteiger partial charge in [0.05, 0.1) is 24.9 Å².